The van der Waals surface area contributed by atoms with Crippen LogP contribution in [0.3, 0.4) is 0 Å². The number of esters is 1. The SMILES string of the molecule is CCCCCC(C)NC(CC)C(=O)OCC. The van der Waals surface area contributed by atoms with Crippen molar-refractivity contribution in [1.29, 1.82) is 0 Å². The lowest BCUT2D eigenvalue weighted by Crippen LogP contribution is -2.42. The zero-order valence-corrected chi connectivity index (χ0v) is 11.2. The van der Waals surface area contributed by atoms with Crippen LogP contribution in [0.25, 0.3) is 0 Å². The summed E-state index contributed by atoms with van der Waals surface area (Å²) >= 11 is 0. The molecule has 0 radical (unpaired) electrons. The molecule has 0 aromatic heterocycles. The zero-order chi connectivity index (χ0) is 12.4. The summed E-state index contributed by atoms with van der Waals surface area (Å²) < 4.78 is 5.02. The molecule has 0 fully saturated rings. The Morgan fingerprint density at radius 2 is 1.94 bits per heavy atom. The quantitative estimate of drug-likeness (QED) is 0.488. The van der Waals surface area contributed by atoms with Crippen LogP contribution < -0.4 is 5.32 Å². The molecule has 96 valence electrons. The van der Waals surface area contributed by atoms with Crippen LogP contribution in [-0.2, 0) is 9.53 Å². The minimum absolute atomic E-state index is 0.118. The van der Waals surface area contributed by atoms with Crippen LogP contribution in [0, 0.1) is 0 Å². The van der Waals surface area contributed by atoms with Gasteiger partial charge in [-0.1, -0.05) is 33.1 Å². The van der Waals surface area contributed by atoms with E-state index in [0.717, 1.165) is 12.8 Å². The highest BCUT2D eigenvalue weighted by Gasteiger charge is 2.18. The molecule has 0 rings (SSSR count). The maximum atomic E-state index is 11.6. The largest absolute Gasteiger partial charge is 0.465 e. The van der Waals surface area contributed by atoms with Crippen LogP contribution in [0.15, 0.2) is 0 Å². The highest BCUT2D eigenvalue weighted by molar-refractivity contribution is 5.75. The molecule has 3 heteroatoms. The second-order valence-corrected chi connectivity index (χ2v) is 4.28. The first-order chi connectivity index (χ1) is 7.65. The number of carbonyl (C=O) groups excluding carboxylic acids is 1. The fourth-order valence-corrected chi connectivity index (χ4v) is 1.72. The highest BCUT2D eigenvalue weighted by atomic mass is 16.5. The topological polar surface area (TPSA) is 38.3 Å². The van der Waals surface area contributed by atoms with Gasteiger partial charge in [0.15, 0.2) is 0 Å². The van der Waals surface area contributed by atoms with Gasteiger partial charge in [0.25, 0.3) is 0 Å². The van der Waals surface area contributed by atoms with Gasteiger partial charge in [-0.15, -0.1) is 0 Å². The third kappa shape index (κ3) is 6.83. The lowest BCUT2D eigenvalue weighted by Gasteiger charge is -2.20. The van der Waals surface area contributed by atoms with Gasteiger partial charge in [-0.05, 0) is 26.7 Å². The van der Waals surface area contributed by atoms with E-state index in [0.29, 0.717) is 12.6 Å². The minimum Gasteiger partial charge on any atom is -0.465 e. The third-order valence-electron chi connectivity index (χ3n) is 2.71. The van der Waals surface area contributed by atoms with E-state index < -0.39 is 0 Å². The Morgan fingerprint density at radius 1 is 1.25 bits per heavy atom. The van der Waals surface area contributed by atoms with Gasteiger partial charge in [0.1, 0.15) is 6.04 Å². The number of nitrogens with one attached hydrogen (secondary N) is 1. The molecule has 0 amide bonds. The van der Waals surface area contributed by atoms with Crippen LogP contribution in [0.2, 0.25) is 0 Å². The number of unbranched alkanes of at least 4 members (excludes halogenated alkanes) is 2. The monoisotopic (exact) mass is 229 g/mol. The van der Waals surface area contributed by atoms with Crippen molar-refractivity contribution in [1.82, 2.24) is 5.32 Å². The van der Waals surface area contributed by atoms with Gasteiger partial charge in [0.05, 0.1) is 6.61 Å². The highest BCUT2D eigenvalue weighted by Crippen LogP contribution is 2.05. The van der Waals surface area contributed by atoms with Gasteiger partial charge in [-0.3, -0.25) is 4.79 Å². The molecule has 0 bridgehead atoms. The van der Waals surface area contributed by atoms with Gasteiger partial charge >= 0.3 is 5.97 Å². The Bertz CT molecular complexity index is 183. The van der Waals surface area contributed by atoms with Crippen LogP contribution in [0.5, 0.6) is 0 Å². The summed E-state index contributed by atoms with van der Waals surface area (Å²) in [5.41, 5.74) is 0. The van der Waals surface area contributed by atoms with Gasteiger partial charge in [-0.25, -0.2) is 0 Å². The Labute approximate surface area is 99.9 Å². The van der Waals surface area contributed by atoms with Crippen molar-refractivity contribution in [2.75, 3.05) is 6.61 Å². The Morgan fingerprint density at radius 3 is 2.44 bits per heavy atom. The van der Waals surface area contributed by atoms with E-state index in [2.05, 4.69) is 19.2 Å². The van der Waals surface area contributed by atoms with Crippen LogP contribution >= 0.6 is 0 Å². The standard InChI is InChI=1S/C13H27NO2/c1-5-8-9-10-11(4)14-12(6-2)13(15)16-7-3/h11-12,14H,5-10H2,1-4H3. The fraction of sp³-hybridized carbons (Fsp3) is 0.923. The lowest BCUT2D eigenvalue weighted by atomic mass is 10.1. The summed E-state index contributed by atoms with van der Waals surface area (Å²) in [4.78, 5) is 11.6. The predicted molar refractivity (Wildman–Crippen MR) is 67.5 cm³/mol. The molecule has 0 aliphatic rings. The molecule has 0 spiro atoms. The normalized spacial score (nSPS) is 14.5. The molecular weight excluding hydrogens is 202 g/mol. The molecule has 0 aliphatic heterocycles. The predicted octanol–water partition coefficient (Wildman–Crippen LogP) is 2.89. The molecule has 2 atom stereocenters. The zero-order valence-electron chi connectivity index (χ0n) is 11.2. The molecular formula is C13H27NO2. The number of carbonyl (C=O) groups is 1. The fourth-order valence-electron chi connectivity index (χ4n) is 1.72. The summed E-state index contributed by atoms with van der Waals surface area (Å²) in [6, 6.07) is 0.248. The molecule has 3 nitrogen and oxygen atoms in total. The average molecular weight is 229 g/mol. The van der Waals surface area contributed by atoms with E-state index in [1.54, 1.807) is 0 Å². The number of ether oxygens (including phenoxy) is 1. The summed E-state index contributed by atoms with van der Waals surface area (Å²) in [5, 5.41) is 3.34. The van der Waals surface area contributed by atoms with E-state index in [-0.39, 0.29) is 12.0 Å². The molecule has 0 aromatic rings. The van der Waals surface area contributed by atoms with Crippen LogP contribution in [0.4, 0.5) is 0 Å². The van der Waals surface area contributed by atoms with E-state index in [4.69, 9.17) is 4.74 Å². The molecule has 0 saturated heterocycles. The van der Waals surface area contributed by atoms with Gasteiger partial charge in [0, 0.05) is 6.04 Å². The van der Waals surface area contributed by atoms with E-state index in [1.807, 2.05) is 13.8 Å². The van der Waals surface area contributed by atoms with Crippen LogP contribution in [-0.4, -0.2) is 24.7 Å². The van der Waals surface area contributed by atoms with Crippen molar-refractivity contribution in [3.63, 3.8) is 0 Å². The van der Waals surface area contributed by atoms with Gasteiger partial charge in [0.2, 0.25) is 0 Å². The summed E-state index contributed by atoms with van der Waals surface area (Å²) in [5.74, 6) is -0.118. The molecule has 1 N–H and O–H groups in total. The number of rotatable bonds is 9. The maximum absolute atomic E-state index is 11.6. The number of hydrogen-bond donors (Lipinski definition) is 1. The van der Waals surface area contributed by atoms with Crippen molar-refractivity contribution >= 4 is 5.97 Å². The first kappa shape index (κ1) is 15.4. The second-order valence-electron chi connectivity index (χ2n) is 4.28. The average Bonchev–Trinajstić information content (AvgIpc) is 2.26. The molecule has 16 heavy (non-hydrogen) atoms. The molecule has 0 heterocycles. The molecule has 0 saturated carbocycles. The van der Waals surface area contributed by atoms with Crippen molar-refractivity contribution < 1.29 is 9.53 Å². The second kappa shape index (κ2) is 9.64. The Balaban J connectivity index is 3.86. The maximum Gasteiger partial charge on any atom is 0.323 e. The van der Waals surface area contributed by atoms with E-state index in [1.165, 1.54) is 19.3 Å². The smallest absolute Gasteiger partial charge is 0.323 e. The third-order valence-corrected chi connectivity index (χ3v) is 2.71. The van der Waals surface area contributed by atoms with Crippen molar-refractivity contribution in [3.8, 4) is 0 Å². The summed E-state index contributed by atoms with van der Waals surface area (Å²) in [6.07, 6.45) is 5.65. The molecule has 0 aromatic carbocycles. The van der Waals surface area contributed by atoms with Gasteiger partial charge in [-0.2, -0.15) is 0 Å². The Hall–Kier alpha value is -0.570. The van der Waals surface area contributed by atoms with Crippen LogP contribution in [0.1, 0.15) is 59.8 Å². The Kier molecular flexibility index (Phi) is 9.30. The first-order valence-electron chi connectivity index (χ1n) is 6.58. The number of hydrogen-bond acceptors (Lipinski definition) is 3. The molecule has 2 unspecified atom stereocenters. The van der Waals surface area contributed by atoms with Crippen molar-refractivity contribution in [3.05, 3.63) is 0 Å². The summed E-state index contributed by atoms with van der Waals surface area (Å²) in [6.45, 7) is 8.65. The van der Waals surface area contributed by atoms with Crippen molar-refractivity contribution in [2.45, 2.75) is 71.9 Å². The first-order valence-corrected chi connectivity index (χ1v) is 6.58. The lowest BCUT2D eigenvalue weighted by molar-refractivity contribution is -0.146. The van der Waals surface area contributed by atoms with Gasteiger partial charge < -0.3 is 10.1 Å². The molecule has 0 aliphatic carbocycles. The minimum atomic E-state index is -0.142. The van der Waals surface area contributed by atoms with E-state index >= 15 is 0 Å². The van der Waals surface area contributed by atoms with Crippen molar-refractivity contribution in [2.24, 2.45) is 0 Å². The van der Waals surface area contributed by atoms with E-state index in [9.17, 15) is 4.79 Å². The summed E-state index contributed by atoms with van der Waals surface area (Å²) in [7, 11) is 0.